The summed E-state index contributed by atoms with van der Waals surface area (Å²) < 4.78 is 25.3. The summed E-state index contributed by atoms with van der Waals surface area (Å²) in [6, 6.07) is 0. The fraction of sp³-hybridized carbons (Fsp3) is 0.571. The fourth-order valence-corrected chi connectivity index (χ4v) is 1.00. The standard InChI is InChI=1S/C7H12F2N4/c1-3-12(4-2)13-10-6(8)5-7(9)11-13/h5,10H,3-4H2,1-2H3. The zero-order valence-electron chi connectivity index (χ0n) is 7.59. The van der Waals surface area contributed by atoms with E-state index >= 15 is 0 Å². The summed E-state index contributed by atoms with van der Waals surface area (Å²) >= 11 is 0. The van der Waals surface area contributed by atoms with Crippen LogP contribution in [0.3, 0.4) is 0 Å². The van der Waals surface area contributed by atoms with E-state index in [4.69, 9.17) is 0 Å². The monoisotopic (exact) mass is 190 g/mol. The lowest BCUT2D eigenvalue weighted by molar-refractivity contribution is -0.0606. The van der Waals surface area contributed by atoms with Gasteiger partial charge in [-0.15, -0.1) is 10.3 Å². The molecule has 0 amide bonds. The minimum atomic E-state index is -0.844. The van der Waals surface area contributed by atoms with Crippen LogP contribution in [-0.2, 0) is 0 Å². The van der Waals surface area contributed by atoms with E-state index in [-0.39, 0.29) is 0 Å². The second-order valence-corrected chi connectivity index (χ2v) is 2.46. The number of allylic oxidation sites excluding steroid dienone is 1. The summed E-state index contributed by atoms with van der Waals surface area (Å²) in [5.41, 5.74) is 2.27. The van der Waals surface area contributed by atoms with Gasteiger partial charge in [0.1, 0.15) is 0 Å². The highest BCUT2D eigenvalue weighted by atomic mass is 19.1. The minimum absolute atomic E-state index is 0.619. The van der Waals surface area contributed by atoms with Crippen LogP contribution in [0, 0.1) is 0 Å². The summed E-state index contributed by atoms with van der Waals surface area (Å²) in [4.78, 5) is 0. The first-order valence-electron chi connectivity index (χ1n) is 4.10. The number of rotatable bonds is 3. The van der Waals surface area contributed by atoms with Gasteiger partial charge in [-0.3, -0.25) is 0 Å². The quantitative estimate of drug-likeness (QED) is 0.677. The van der Waals surface area contributed by atoms with Gasteiger partial charge in [-0.1, -0.05) is 13.8 Å². The Balaban J connectivity index is 2.68. The Bertz CT molecular complexity index is 235. The molecule has 0 fully saturated rings. The first-order chi connectivity index (χ1) is 6.17. The summed E-state index contributed by atoms with van der Waals surface area (Å²) in [6.07, 6.45) is 0.694. The summed E-state index contributed by atoms with van der Waals surface area (Å²) in [6.45, 7) is 4.98. The molecule has 74 valence electrons. The molecule has 0 aromatic carbocycles. The maximum Gasteiger partial charge on any atom is 0.238 e. The number of nitrogens with one attached hydrogen (secondary N) is 1. The first kappa shape index (κ1) is 9.91. The highest BCUT2D eigenvalue weighted by Crippen LogP contribution is 2.06. The molecular weight excluding hydrogens is 178 g/mol. The topological polar surface area (TPSA) is 30.9 Å². The molecule has 0 unspecified atom stereocenters. The number of hydrazone groups is 1. The maximum atomic E-state index is 12.7. The van der Waals surface area contributed by atoms with Gasteiger partial charge in [-0.05, 0) is 0 Å². The van der Waals surface area contributed by atoms with Crippen LogP contribution >= 0.6 is 0 Å². The predicted molar refractivity (Wildman–Crippen MR) is 45.6 cm³/mol. The molecule has 0 atom stereocenters. The summed E-state index contributed by atoms with van der Waals surface area (Å²) in [7, 11) is 0. The molecular formula is C7H12F2N4. The largest absolute Gasteiger partial charge is 0.241 e. The summed E-state index contributed by atoms with van der Waals surface area (Å²) in [5.74, 6) is -1.59. The SMILES string of the molecule is CCN(CC)N1N=C(F)C=C(F)N1. The molecule has 13 heavy (non-hydrogen) atoms. The third kappa shape index (κ3) is 2.38. The predicted octanol–water partition coefficient (Wildman–Crippen LogP) is 1.16. The van der Waals surface area contributed by atoms with Crippen LogP contribution in [0.25, 0.3) is 0 Å². The Labute approximate surface area is 75.4 Å². The zero-order valence-corrected chi connectivity index (χ0v) is 7.59. The van der Waals surface area contributed by atoms with Gasteiger partial charge in [-0.2, -0.15) is 13.8 Å². The van der Waals surface area contributed by atoms with E-state index < -0.39 is 11.9 Å². The minimum Gasteiger partial charge on any atom is -0.241 e. The van der Waals surface area contributed by atoms with Gasteiger partial charge >= 0.3 is 0 Å². The lowest BCUT2D eigenvalue weighted by Crippen LogP contribution is -2.48. The number of hydrogen-bond acceptors (Lipinski definition) is 4. The average Bonchev–Trinajstić information content (AvgIpc) is 2.04. The van der Waals surface area contributed by atoms with E-state index in [0.29, 0.717) is 19.2 Å². The Morgan fingerprint density at radius 3 is 2.54 bits per heavy atom. The second-order valence-electron chi connectivity index (χ2n) is 2.46. The van der Waals surface area contributed by atoms with E-state index in [1.54, 1.807) is 5.01 Å². The molecule has 0 spiro atoms. The third-order valence-corrected chi connectivity index (χ3v) is 1.64. The molecule has 0 saturated carbocycles. The Morgan fingerprint density at radius 1 is 1.46 bits per heavy atom. The van der Waals surface area contributed by atoms with Crippen LogP contribution in [0.4, 0.5) is 8.78 Å². The van der Waals surface area contributed by atoms with Crippen molar-refractivity contribution in [3.05, 3.63) is 12.0 Å². The van der Waals surface area contributed by atoms with Gasteiger partial charge in [0.15, 0.2) is 0 Å². The highest BCUT2D eigenvalue weighted by molar-refractivity contribution is 5.87. The van der Waals surface area contributed by atoms with E-state index in [9.17, 15) is 8.78 Å². The molecule has 6 heteroatoms. The van der Waals surface area contributed by atoms with Crippen molar-refractivity contribution in [1.82, 2.24) is 15.7 Å². The van der Waals surface area contributed by atoms with Crippen molar-refractivity contribution in [3.8, 4) is 0 Å². The van der Waals surface area contributed by atoms with E-state index in [0.717, 1.165) is 5.23 Å². The molecule has 0 bridgehead atoms. The van der Waals surface area contributed by atoms with E-state index in [1.165, 1.54) is 0 Å². The van der Waals surface area contributed by atoms with Crippen molar-refractivity contribution in [2.24, 2.45) is 5.10 Å². The summed E-state index contributed by atoms with van der Waals surface area (Å²) in [5, 5.41) is 6.16. The molecule has 1 aliphatic heterocycles. The molecule has 4 nitrogen and oxygen atoms in total. The van der Waals surface area contributed by atoms with E-state index in [2.05, 4.69) is 10.5 Å². The number of hydrogen-bond donors (Lipinski definition) is 1. The molecule has 0 aromatic rings. The Hall–Kier alpha value is -1.17. The lowest BCUT2D eigenvalue weighted by Gasteiger charge is -2.31. The molecule has 0 radical (unpaired) electrons. The number of halogens is 2. The third-order valence-electron chi connectivity index (χ3n) is 1.64. The van der Waals surface area contributed by atoms with Gasteiger partial charge in [0.05, 0.1) is 0 Å². The first-order valence-corrected chi connectivity index (χ1v) is 4.10. The smallest absolute Gasteiger partial charge is 0.238 e. The van der Waals surface area contributed by atoms with Crippen molar-refractivity contribution in [1.29, 1.82) is 0 Å². The van der Waals surface area contributed by atoms with Gasteiger partial charge in [0.25, 0.3) is 0 Å². The molecule has 1 rings (SSSR count). The van der Waals surface area contributed by atoms with Gasteiger partial charge < -0.3 is 0 Å². The van der Waals surface area contributed by atoms with Gasteiger partial charge in [0, 0.05) is 19.2 Å². The Kier molecular flexibility index (Phi) is 3.18. The molecule has 1 aliphatic rings. The fourth-order valence-electron chi connectivity index (χ4n) is 1.00. The molecule has 0 aromatic heterocycles. The van der Waals surface area contributed by atoms with Crippen molar-refractivity contribution in [2.45, 2.75) is 13.8 Å². The maximum absolute atomic E-state index is 12.7. The molecule has 1 N–H and O–H groups in total. The van der Waals surface area contributed by atoms with Crippen molar-refractivity contribution in [2.75, 3.05) is 13.1 Å². The lowest BCUT2D eigenvalue weighted by atomic mass is 10.6. The van der Waals surface area contributed by atoms with Crippen LogP contribution in [0.1, 0.15) is 13.8 Å². The molecule has 0 aliphatic carbocycles. The number of nitrogens with zero attached hydrogens (tertiary/aromatic N) is 3. The second kappa shape index (κ2) is 4.18. The van der Waals surface area contributed by atoms with Crippen molar-refractivity contribution < 1.29 is 8.78 Å². The van der Waals surface area contributed by atoms with Crippen LogP contribution in [0.15, 0.2) is 17.1 Å². The normalized spacial score (nSPS) is 16.8. The van der Waals surface area contributed by atoms with Crippen LogP contribution in [0.5, 0.6) is 0 Å². The zero-order chi connectivity index (χ0) is 9.84. The molecule has 0 saturated heterocycles. The van der Waals surface area contributed by atoms with E-state index in [1.807, 2.05) is 13.8 Å². The molecule has 1 heterocycles. The number of hydrazine groups is 2. The van der Waals surface area contributed by atoms with Crippen molar-refractivity contribution >= 4 is 5.97 Å². The van der Waals surface area contributed by atoms with Crippen molar-refractivity contribution in [3.63, 3.8) is 0 Å². The highest BCUT2D eigenvalue weighted by Gasteiger charge is 2.16. The van der Waals surface area contributed by atoms with Gasteiger partial charge in [0.2, 0.25) is 11.9 Å². The van der Waals surface area contributed by atoms with Gasteiger partial charge in [-0.25, -0.2) is 5.43 Å². The van der Waals surface area contributed by atoms with Crippen LogP contribution in [0.2, 0.25) is 0 Å². The van der Waals surface area contributed by atoms with Crippen LogP contribution < -0.4 is 5.43 Å². The van der Waals surface area contributed by atoms with Crippen LogP contribution in [-0.4, -0.2) is 29.3 Å². The average molecular weight is 190 g/mol. The Morgan fingerprint density at radius 2 is 2.08 bits per heavy atom.